The van der Waals surface area contributed by atoms with Crippen LogP contribution in [0, 0.1) is 6.92 Å². The number of ether oxygens (including phenoxy) is 1. The molecule has 3 rings (SSSR count). The van der Waals surface area contributed by atoms with Gasteiger partial charge in [0.05, 0.1) is 23.3 Å². The van der Waals surface area contributed by atoms with E-state index in [1.54, 1.807) is 38.1 Å². The van der Waals surface area contributed by atoms with Crippen LogP contribution in [0.25, 0.3) is 0 Å². The molecule has 1 aliphatic rings. The quantitative estimate of drug-likeness (QED) is 0.699. The topological polar surface area (TPSA) is 75.7 Å². The summed E-state index contributed by atoms with van der Waals surface area (Å²) >= 11 is 0. The fraction of sp³-hybridized carbons (Fsp3) is 0.375. The van der Waals surface area contributed by atoms with Gasteiger partial charge in [-0.05, 0) is 49.9 Å². The average Bonchev–Trinajstić information content (AvgIpc) is 2.94. The Bertz CT molecular complexity index is 959. The van der Waals surface area contributed by atoms with Crippen molar-refractivity contribution in [2.45, 2.75) is 46.1 Å². The van der Waals surface area contributed by atoms with Crippen LogP contribution in [0.4, 0.5) is 5.69 Å². The zero-order valence-corrected chi connectivity index (χ0v) is 18.1. The number of amides is 3. The predicted octanol–water partition coefficient (Wildman–Crippen LogP) is 4.15. The van der Waals surface area contributed by atoms with E-state index in [1.807, 2.05) is 25.1 Å². The zero-order chi connectivity index (χ0) is 22.1. The second-order valence-corrected chi connectivity index (χ2v) is 8.54. The molecule has 1 aliphatic heterocycles. The highest BCUT2D eigenvalue weighted by Gasteiger charge is 2.44. The standard InChI is InChI=1S/C24H28N2O4/c1-15(2)17-12-8-9-16(3)21(17)25-20(27)13-30-14-24(4,5)26-22(28)18-10-6-7-11-19(18)23(26)29/h6-12,15H,13-14H2,1-5H3,(H,25,27). The SMILES string of the molecule is Cc1cccc(C(C)C)c1NC(=O)COCC(C)(C)N1C(=O)c2ccccc2C1=O. The summed E-state index contributed by atoms with van der Waals surface area (Å²) in [5.41, 5.74) is 2.76. The van der Waals surface area contributed by atoms with E-state index < -0.39 is 5.54 Å². The molecule has 0 unspecified atom stereocenters. The molecule has 0 radical (unpaired) electrons. The second kappa shape index (κ2) is 8.40. The Morgan fingerprint density at radius 2 is 1.63 bits per heavy atom. The molecule has 0 aromatic heterocycles. The van der Waals surface area contributed by atoms with Crippen molar-refractivity contribution in [2.24, 2.45) is 0 Å². The molecule has 0 bridgehead atoms. The van der Waals surface area contributed by atoms with Crippen molar-refractivity contribution in [1.29, 1.82) is 0 Å². The molecule has 3 amide bonds. The van der Waals surface area contributed by atoms with E-state index >= 15 is 0 Å². The van der Waals surface area contributed by atoms with Crippen molar-refractivity contribution in [3.05, 3.63) is 64.7 Å². The Kier molecular flexibility index (Phi) is 6.08. The number of aryl methyl sites for hydroxylation is 1. The number of carbonyl (C=O) groups excluding carboxylic acids is 3. The molecule has 0 atom stereocenters. The Labute approximate surface area is 177 Å². The van der Waals surface area contributed by atoms with Crippen LogP contribution in [-0.4, -0.2) is 41.4 Å². The summed E-state index contributed by atoms with van der Waals surface area (Å²) < 4.78 is 5.62. The summed E-state index contributed by atoms with van der Waals surface area (Å²) in [5, 5.41) is 2.94. The summed E-state index contributed by atoms with van der Waals surface area (Å²) in [6, 6.07) is 12.7. The van der Waals surface area contributed by atoms with E-state index in [1.165, 1.54) is 4.90 Å². The summed E-state index contributed by atoms with van der Waals surface area (Å²) in [5.74, 6) is -0.677. The Hall–Kier alpha value is -2.99. The van der Waals surface area contributed by atoms with Crippen LogP contribution in [0.2, 0.25) is 0 Å². The number of nitrogens with one attached hydrogen (secondary N) is 1. The fourth-order valence-electron chi connectivity index (χ4n) is 3.71. The minimum Gasteiger partial charge on any atom is -0.369 e. The number of hydrogen-bond acceptors (Lipinski definition) is 4. The lowest BCUT2D eigenvalue weighted by atomic mass is 9.98. The number of nitrogens with zero attached hydrogens (tertiary/aromatic N) is 1. The molecular formula is C24H28N2O4. The number of rotatable bonds is 7. The van der Waals surface area contributed by atoms with Gasteiger partial charge < -0.3 is 10.1 Å². The third-order valence-corrected chi connectivity index (χ3v) is 5.28. The van der Waals surface area contributed by atoms with Gasteiger partial charge in [0.1, 0.15) is 6.61 Å². The molecule has 1 N–H and O–H groups in total. The van der Waals surface area contributed by atoms with Gasteiger partial charge in [0.25, 0.3) is 11.8 Å². The molecule has 1 heterocycles. The van der Waals surface area contributed by atoms with Crippen LogP contribution in [0.15, 0.2) is 42.5 Å². The molecule has 0 saturated heterocycles. The van der Waals surface area contributed by atoms with Crippen LogP contribution in [0.1, 0.15) is 65.5 Å². The van der Waals surface area contributed by atoms with E-state index in [2.05, 4.69) is 19.2 Å². The first-order valence-corrected chi connectivity index (χ1v) is 10.1. The number of benzene rings is 2. The average molecular weight is 408 g/mol. The van der Waals surface area contributed by atoms with Gasteiger partial charge in [-0.25, -0.2) is 0 Å². The van der Waals surface area contributed by atoms with Crippen LogP contribution in [-0.2, 0) is 9.53 Å². The maximum Gasteiger partial charge on any atom is 0.262 e. The van der Waals surface area contributed by atoms with E-state index in [-0.39, 0.29) is 36.9 Å². The van der Waals surface area contributed by atoms with E-state index in [9.17, 15) is 14.4 Å². The lowest BCUT2D eigenvalue weighted by Gasteiger charge is -2.33. The Balaban J connectivity index is 1.62. The third-order valence-electron chi connectivity index (χ3n) is 5.28. The third kappa shape index (κ3) is 4.14. The highest BCUT2D eigenvalue weighted by Crippen LogP contribution is 2.30. The van der Waals surface area contributed by atoms with Crippen molar-refractivity contribution in [3.8, 4) is 0 Å². The number of imide groups is 1. The minimum atomic E-state index is -0.890. The maximum atomic E-state index is 12.7. The van der Waals surface area contributed by atoms with Crippen LogP contribution < -0.4 is 5.32 Å². The molecule has 2 aromatic rings. The van der Waals surface area contributed by atoms with Crippen LogP contribution in [0.5, 0.6) is 0 Å². The van der Waals surface area contributed by atoms with E-state index in [0.29, 0.717) is 11.1 Å². The van der Waals surface area contributed by atoms with Crippen molar-refractivity contribution < 1.29 is 19.1 Å². The van der Waals surface area contributed by atoms with Crippen molar-refractivity contribution in [2.75, 3.05) is 18.5 Å². The highest BCUT2D eigenvalue weighted by atomic mass is 16.5. The number of hydrogen-bond donors (Lipinski definition) is 1. The van der Waals surface area contributed by atoms with E-state index in [0.717, 1.165) is 16.8 Å². The summed E-state index contributed by atoms with van der Waals surface area (Å²) in [6.07, 6.45) is 0. The lowest BCUT2D eigenvalue weighted by molar-refractivity contribution is -0.121. The largest absolute Gasteiger partial charge is 0.369 e. The van der Waals surface area contributed by atoms with Gasteiger partial charge in [-0.15, -0.1) is 0 Å². The van der Waals surface area contributed by atoms with Gasteiger partial charge >= 0.3 is 0 Å². The van der Waals surface area contributed by atoms with Gasteiger partial charge in [-0.2, -0.15) is 0 Å². The first-order valence-electron chi connectivity index (χ1n) is 10.1. The molecule has 0 saturated carbocycles. The lowest BCUT2D eigenvalue weighted by Crippen LogP contribution is -2.50. The highest BCUT2D eigenvalue weighted by molar-refractivity contribution is 6.21. The predicted molar refractivity (Wildman–Crippen MR) is 116 cm³/mol. The normalized spacial score (nSPS) is 13.7. The molecule has 6 heteroatoms. The molecule has 0 spiro atoms. The number of para-hydroxylation sites is 1. The summed E-state index contributed by atoms with van der Waals surface area (Å²) in [4.78, 5) is 39.1. The van der Waals surface area contributed by atoms with Crippen molar-refractivity contribution in [1.82, 2.24) is 4.90 Å². The number of anilines is 1. The molecule has 2 aromatic carbocycles. The number of carbonyl (C=O) groups is 3. The first-order chi connectivity index (χ1) is 14.1. The van der Waals surface area contributed by atoms with Gasteiger partial charge in [0, 0.05) is 5.69 Å². The van der Waals surface area contributed by atoms with Gasteiger partial charge in [-0.3, -0.25) is 19.3 Å². The zero-order valence-electron chi connectivity index (χ0n) is 18.1. The van der Waals surface area contributed by atoms with Crippen molar-refractivity contribution in [3.63, 3.8) is 0 Å². The smallest absolute Gasteiger partial charge is 0.262 e. The van der Waals surface area contributed by atoms with Gasteiger partial charge in [0.2, 0.25) is 5.91 Å². The number of fused-ring (bicyclic) bond motifs is 1. The Morgan fingerprint density at radius 1 is 1.03 bits per heavy atom. The first kappa shape index (κ1) is 21.7. The monoisotopic (exact) mass is 408 g/mol. The summed E-state index contributed by atoms with van der Waals surface area (Å²) in [6.45, 7) is 9.50. The van der Waals surface area contributed by atoms with Gasteiger partial charge in [0.15, 0.2) is 0 Å². The molecule has 158 valence electrons. The molecule has 6 nitrogen and oxygen atoms in total. The maximum absolute atomic E-state index is 12.7. The van der Waals surface area contributed by atoms with Crippen molar-refractivity contribution >= 4 is 23.4 Å². The van der Waals surface area contributed by atoms with Gasteiger partial charge in [-0.1, -0.05) is 44.2 Å². The second-order valence-electron chi connectivity index (χ2n) is 8.54. The molecule has 30 heavy (non-hydrogen) atoms. The van der Waals surface area contributed by atoms with Crippen LogP contribution >= 0.6 is 0 Å². The molecular weight excluding hydrogens is 380 g/mol. The molecule has 0 fully saturated rings. The fourth-order valence-corrected chi connectivity index (χ4v) is 3.71. The van der Waals surface area contributed by atoms with Crippen LogP contribution in [0.3, 0.4) is 0 Å². The molecule has 0 aliphatic carbocycles. The minimum absolute atomic E-state index is 0.0523. The summed E-state index contributed by atoms with van der Waals surface area (Å²) in [7, 11) is 0. The van der Waals surface area contributed by atoms with E-state index in [4.69, 9.17) is 4.74 Å². The Morgan fingerprint density at radius 3 is 2.20 bits per heavy atom.